The van der Waals surface area contributed by atoms with Crippen LogP contribution < -0.4 is 15.5 Å². The fourth-order valence-corrected chi connectivity index (χ4v) is 4.51. The smallest absolute Gasteiger partial charge is 0.227 e. The van der Waals surface area contributed by atoms with E-state index in [-0.39, 0.29) is 36.1 Å². The number of fused-ring (bicyclic) bond motifs is 5. The lowest BCUT2D eigenvalue weighted by Crippen LogP contribution is -2.40. The van der Waals surface area contributed by atoms with Crippen LogP contribution in [0.2, 0.25) is 0 Å². The van der Waals surface area contributed by atoms with Gasteiger partial charge in [0.05, 0.1) is 18.8 Å². The van der Waals surface area contributed by atoms with Crippen molar-refractivity contribution in [2.45, 2.75) is 58.5 Å². The molecule has 1 aliphatic heterocycles. The van der Waals surface area contributed by atoms with Crippen molar-refractivity contribution in [3.05, 3.63) is 54.1 Å². The van der Waals surface area contributed by atoms with Crippen LogP contribution in [0.15, 0.2) is 48.5 Å². The summed E-state index contributed by atoms with van der Waals surface area (Å²) in [5.74, 6) is -0.364. The van der Waals surface area contributed by atoms with Gasteiger partial charge in [-0.2, -0.15) is 15.4 Å². The summed E-state index contributed by atoms with van der Waals surface area (Å²) in [6, 6.07) is 15.4. The molecule has 0 radical (unpaired) electrons. The summed E-state index contributed by atoms with van der Waals surface area (Å²) < 4.78 is 5.52. The Hall–Kier alpha value is -4.05. The summed E-state index contributed by atoms with van der Waals surface area (Å²) in [5.41, 5.74) is 4.60. The second-order valence-corrected chi connectivity index (χ2v) is 10.5. The van der Waals surface area contributed by atoms with Crippen LogP contribution in [-0.4, -0.2) is 58.4 Å². The van der Waals surface area contributed by atoms with E-state index >= 15 is 0 Å². The molecule has 3 aromatic rings. The number of amides is 3. The molecule has 3 amide bonds. The monoisotopic (exact) mass is 532 g/mol. The van der Waals surface area contributed by atoms with Gasteiger partial charge in [0.15, 0.2) is 0 Å². The number of hydrogen-bond donors (Lipinski definition) is 3. The van der Waals surface area contributed by atoms with Gasteiger partial charge in [0.2, 0.25) is 17.7 Å². The third-order valence-electron chi connectivity index (χ3n) is 6.24. The first-order valence-electron chi connectivity index (χ1n) is 13.3. The van der Waals surface area contributed by atoms with Crippen molar-refractivity contribution in [2.75, 3.05) is 24.7 Å². The summed E-state index contributed by atoms with van der Waals surface area (Å²) >= 11 is 0. The largest absolute Gasteiger partial charge is 0.380 e. The fraction of sp³-hybridized carbons (Fsp3) is 0.414. The number of carbonyl (C=O) groups is 3. The molecule has 1 aromatic heterocycles. The zero-order valence-electron chi connectivity index (χ0n) is 22.8. The number of ether oxygens (including phenoxy) is 1. The van der Waals surface area contributed by atoms with Gasteiger partial charge in [-0.15, -0.1) is 0 Å². The van der Waals surface area contributed by atoms with Gasteiger partial charge < -0.3 is 20.3 Å². The number of aromatic amines is 1. The molecule has 0 saturated carbocycles. The van der Waals surface area contributed by atoms with Gasteiger partial charge in [0.25, 0.3) is 0 Å². The molecule has 39 heavy (non-hydrogen) atoms. The number of para-hydroxylation sites is 1. The highest BCUT2D eigenvalue weighted by atomic mass is 16.5. The average molecular weight is 533 g/mol. The maximum Gasteiger partial charge on any atom is 0.227 e. The number of H-pyrrole nitrogens is 1. The molecule has 10 heteroatoms. The normalized spacial score (nSPS) is 12.4. The predicted octanol–water partition coefficient (Wildman–Crippen LogP) is 3.59. The molecular formula is C29H36N6O4. The fourth-order valence-electron chi connectivity index (χ4n) is 4.51. The minimum Gasteiger partial charge on any atom is -0.380 e. The molecule has 3 N–H and O–H groups in total. The van der Waals surface area contributed by atoms with Crippen molar-refractivity contribution in [3.63, 3.8) is 0 Å². The Morgan fingerprint density at radius 1 is 0.897 bits per heavy atom. The predicted molar refractivity (Wildman–Crippen MR) is 149 cm³/mol. The minimum absolute atomic E-state index is 0.00307. The minimum atomic E-state index is -0.245. The van der Waals surface area contributed by atoms with E-state index in [2.05, 4.69) is 26.0 Å². The van der Waals surface area contributed by atoms with E-state index in [0.29, 0.717) is 44.8 Å². The first-order valence-corrected chi connectivity index (χ1v) is 13.3. The van der Waals surface area contributed by atoms with E-state index in [9.17, 15) is 14.4 Å². The third kappa shape index (κ3) is 7.51. The number of aromatic nitrogens is 3. The van der Waals surface area contributed by atoms with Crippen LogP contribution in [0.4, 0.5) is 5.69 Å². The Bertz CT molecular complexity index is 1310. The van der Waals surface area contributed by atoms with Crippen LogP contribution in [0.3, 0.4) is 0 Å². The molecule has 0 spiro atoms. The summed E-state index contributed by atoms with van der Waals surface area (Å²) in [6.45, 7) is 7.32. The molecule has 0 unspecified atom stereocenters. The number of benzene rings is 2. The Morgan fingerprint density at radius 3 is 2.36 bits per heavy atom. The van der Waals surface area contributed by atoms with Crippen molar-refractivity contribution < 1.29 is 19.1 Å². The van der Waals surface area contributed by atoms with Crippen LogP contribution in [0, 0.1) is 0 Å². The molecule has 1 aliphatic rings. The van der Waals surface area contributed by atoms with Gasteiger partial charge in [0.1, 0.15) is 11.4 Å². The van der Waals surface area contributed by atoms with Crippen molar-refractivity contribution in [1.82, 2.24) is 26.0 Å². The van der Waals surface area contributed by atoms with Crippen molar-refractivity contribution in [2.24, 2.45) is 0 Å². The average Bonchev–Trinajstić information content (AvgIpc) is 3.37. The molecule has 2 aromatic carbocycles. The SMILES string of the molecule is CC(C)(C)NC(=O)CCCOCCNC(=O)CCC(=O)N1Cc2ccccc2-c2n[nH]nc2-c2ccccc21. The van der Waals surface area contributed by atoms with Gasteiger partial charge in [-0.1, -0.05) is 42.5 Å². The quantitative estimate of drug-likeness (QED) is 0.342. The first kappa shape index (κ1) is 28.0. The molecule has 10 nitrogen and oxygen atoms in total. The number of hydrogen-bond acceptors (Lipinski definition) is 6. The maximum atomic E-state index is 13.4. The van der Waals surface area contributed by atoms with Gasteiger partial charge in [-0.05, 0) is 38.8 Å². The Balaban J connectivity index is 1.28. The molecule has 0 saturated heterocycles. The summed E-state index contributed by atoms with van der Waals surface area (Å²) in [6.07, 6.45) is 1.15. The Labute approximate surface area is 228 Å². The van der Waals surface area contributed by atoms with Gasteiger partial charge in [-0.3, -0.25) is 14.4 Å². The molecule has 206 valence electrons. The lowest BCUT2D eigenvalue weighted by Gasteiger charge is -2.28. The topological polar surface area (TPSA) is 129 Å². The van der Waals surface area contributed by atoms with Gasteiger partial charge >= 0.3 is 0 Å². The van der Waals surface area contributed by atoms with Gasteiger partial charge in [0, 0.05) is 49.1 Å². The lowest BCUT2D eigenvalue weighted by molar-refractivity contribution is -0.125. The van der Waals surface area contributed by atoms with Crippen LogP contribution in [0.5, 0.6) is 0 Å². The van der Waals surface area contributed by atoms with E-state index in [4.69, 9.17) is 4.74 Å². The highest BCUT2D eigenvalue weighted by molar-refractivity contribution is 6.01. The van der Waals surface area contributed by atoms with Crippen molar-refractivity contribution >= 4 is 23.4 Å². The van der Waals surface area contributed by atoms with Crippen LogP contribution >= 0.6 is 0 Å². The van der Waals surface area contributed by atoms with E-state index < -0.39 is 0 Å². The van der Waals surface area contributed by atoms with E-state index in [1.165, 1.54) is 0 Å². The van der Waals surface area contributed by atoms with E-state index in [0.717, 1.165) is 28.1 Å². The second kappa shape index (κ2) is 12.7. The molecule has 4 rings (SSSR count). The number of nitrogens with zero attached hydrogens (tertiary/aromatic N) is 3. The van der Waals surface area contributed by atoms with E-state index in [1.807, 2.05) is 69.3 Å². The second-order valence-electron chi connectivity index (χ2n) is 10.5. The zero-order valence-corrected chi connectivity index (χ0v) is 22.8. The van der Waals surface area contributed by atoms with Gasteiger partial charge in [-0.25, -0.2) is 0 Å². The van der Waals surface area contributed by atoms with Crippen molar-refractivity contribution in [3.8, 4) is 22.5 Å². The molecule has 2 heterocycles. The number of anilines is 1. The third-order valence-corrected chi connectivity index (χ3v) is 6.24. The first-order chi connectivity index (χ1) is 18.7. The summed E-state index contributed by atoms with van der Waals surface area (Å²) in [7, 11) is 0. The highest BCUT2D eigenvalue weighted by Gasteiger charge is 2.27. The molecule has 0 atom stereocenters. The van der Waals surface area contributed by atoms with Crippen molar-refractivity contribution in [1.29, 1.82) is 0 Å². The van der Waals surface area contributed by atoms with Crippen LogP contribution in [0.25, 0.3) is 22.5 Å². The number of nitrogens with one attached hydrogen (secondary N) is 3. The summed E-state index contributed by atoms with van der Waals surface area (Å²) in [5, 5.41) is 17.2. The molecular weight excluding hydrogens is 496 g/mol. The highest BCUT2D eigenvalue weighted by Crippen LogP contribution is 2.39. The molecule has 0 fully saturated rings. The summed E-state index contributed by atoms with van der Waals surface area (Å²) in [4.78, 5) is 39.4. The molecule has 0 aliphatic carbocycles. The maximum absolute atomic E-state index is 13.4. The van der Waals surface area contributed by atoms with E-state index in [1.54, 1.807) is 4.90 Å². The number of carbonyl (C=O) groups excluding carboxylic acids is 3. The van der Waals surface area contributed by atoms with Crippen LogP contribution in [0.1, 0.15) is 52.0 Å². The standard InChI is InChI=1S/C29H36N6O4/c1-29(2,3)31-25(37)13-8-17-39-18-16-30-24(36)14-15-26(38)35-19-20-9-4-5-10-21(20)27-28(33-34-32-27)22-11-6-7-12-23(22)35/h4-7,9-12H,8,13-19H2,1-3H3,(H,30,36)(H,31,37)(H,32,33,34). The molecule has 0 bridgehead atoms. The Kier molecular flexibility index (Phi) is 9.08. The number of rotatable bonds is 10. The zero-order chi connectivity index (χ0) is 27.8. The van der Waals surface area contributed by atoms with Crippen LogP contribution in [-0.2, 0) is 25.7 Å². The lowest BCUT2D eigenvalue weighted by atomic mass is 9.95. The Morgan fingerprint density at radius 2 is 1.59 bits per heavy atom.